The van der Waals surface area contributed by atoms with Crippen molar-refractivity contribution in [3.63, 3.8) is 0 Å². The molecule has 2 aromatic carbocycles. The molecule has 21 heavy (non-hydrogen) atoms. The molecule has 4 heteroatoms. The van der Waals surface area contributed by atoms with Crippen LogP contribution in [-0.2, 0) is 0 Å². The fraction of sp³-hybridized carbons (Fsp3) is 0.235. The molecule has 0 bridgehead atoms. The highest BCUT2D eigenvalue weighted by Gasteiger charge is 2.22. The summed E-state index contributed by atoms with van der Waals surface area (Å²) >= 11 is 7.73. The van der Waals surface area contributed by atoms with Gasteiger partial charge in [0.15, 0.2) is 5.17 Å². The topological polar surface area (TPSA) is 24.4 Å². The number of nitrogens with one attached hydrogen (secondary N) is 1. The Balaban J connectivity index is 1.60. The van der Waals surface area contributed by atoms with E-state index in [1.807, 2.05) is 18.2 Å². The number of aliphatic imine (C=N–C) groups is 1. The molecule has 1 aliphatic rings. The highest BCUT2D eigenvalue weighted by atomic mass is 35.5. The maximum absolute atomic E-state index is 5.93. The first-order valence-electron chi connectivity index (χ1n) is 7.00. The molecular weight excluding hydrogens is 300 g/mol. The normalized spacial score (nSPS) is 19.1. The Morgan fingerprint density at radius 3 is 2.57 bits per heavy atom. The average molecular weight is 317 g/mol. The van der Waals surface area contributed by atoms with Crippen LogP contribution in [0.2, 0.25) is 5.02 Å². The third-order valence-corrected chi connectivity index (χ3v) is 4.96. The molecule has 0 saturated heterocycles. The molecule has 0 fully saturated rings. The minimum absolute atomic E-state index is 0.225. The number of thioether (sulfide) groups is 1. The zero-order valence-corrected chi connectivity index (χ0v) is 13.4. The van der Waals surface area contributed by atoms with E-state index in [4.69, 9.17) is 11.6 Å². The summed E-state index contributed by atoms with van der Waals surface area (Å²) in [7, 11) is 0. The summed E-state index contributed by atoms with van der Waals surface area (Å²) in [5.41, 5.74) is 2.55. The predicted molar refractivity (Wildman–Crippen MR) is 92.1 cm³/mol. The van der Waals surface area contributed by atoms with Crippen molar-refractivity contribution in [3.05, 3.63) is 70.7 Å². The second-order valence-corrected chi connectivity index (χ2v) is 6.71. The second kappa shape index (κ2) is 6.54. The van der Waals surface area contributed by atoms with Gasteiger partial charge in [-0.3, -0.25) is 4.99 Å². The van der Waals surface area contributed by atoms with Gasteiger partial charge in [-0.05, 0) is 30.2 Å². The van der Waals surface area contributed by atoms with Gasteiger partial charge in [-0.25, -0.2) is 0 Å². The van der Waals surface area contributed by atoms with Gasteiger partial charge in [-0.2, -0.15) is 0 Å². The summed E-state index contributed by atoms with van der Waals surface area (Å²) in [6, 6.07) is 18.7. The molecule has 0 saturated carbocycles. The average Bonchev–Trinajstić information content (AvgIpc) is 2.97. The number of benzene rings is 2. The van der Waals surface area contributed by atoms with Gasteiger partial charge in [-0.1, -0.05) is 65.8 Å². The summed E-state index contributed by atoms with van der Waals surface area (Å²) in [6.45, 7) is 2.98. The van der Waals surface area contributed by atoms with Crippen LogP contribution in [0.4, 0.5) is 0 Å². The first-order chi connectivity index (χ1) is 10.2. The van der Waals surface area contributed by atoms with Gasteiger partial charge in [0.25, 0.3) is 0 Å². The van der Waals surface area contributed by atoms with Crippen molar-refractivity contribution in [3.8, 4) is 0 Å². The van der Waals surface area contributed by atoms with Gasteiger partial charge >= 0.3 is 0 Å². The van der Waals surface area contributed by atoms with Crippen LogP contribution in [0.25, 0.3) is 0 Å². The molecule has 2 aromatic rings. The molecule has 0 aromatic heterocycles. The van der Waals surface area contributed by atoms with E-state index in [-0.39, 0.29) is 6.04 Å². The van der Waals surface area contributed by atoms with Crippen LogP contribution in [0, 0.1) is 0 Å². The fourth-order valence-electron chi connectivity index (χ4n) is 2.32. The van der Waals surface area contributed by atoms with E-state index in [0.717, 1.165) is 16.7 Å². The minimum Gasteiger partial charge on any atom is -0.358 e. The van der Waals surface area contributed by atoms with Crippen LogP contribution >= 0.6 is 23.4 Å². The fourth-order valence-corrected chi connectivity index (χ4v) is 3.55. The minimum atomic E-state index is 0.225. The zero-order chi connectivity index (χ0) is 14.7. The van der Waals surface area contributed by atoms with Gasteiger partial charge in [0.05, 0.1) is 17.8 Å². The molecule has 1 heterocycles. The van der Waals surface area contributed by atoms with Crippen LogP contribution in [0.1, 0.15) is 29.3 Å². The third-order valence-electron chi connectivity index (χ3n) is 3.54. The molecule has 0 aliphatic carbocycles. The van der Waals surface area contributed by atoms with E-state index in [2.05, 4.69) is 53.6 Å². The molecule has 2 atom stereocenters. The van der Waals surface area contributed by atoms with Gasteiger partial charge in [-0.15, -0.1) is 0 Å². The van der Waals surface area contributed by atoms with Crippen molar-refractivity contribution < 1.29 is 0 Å². The number of nitrogens with zero attached hydrogens (tertiary/aromatic N) is 1. The summed E-state index contributed by atoms with van der Waals surface area (Å²) in [6.07, 6.45) is 0. The lowest BCUT2D eigenvalue weighted by Gasteiger charge is -2.16. The van der Waals surface area contributed by atoms with Crippen molar-refractivity contribution in [1.29, 1.82) is 0 Å². The Labute approximate surface area is 134 Å². The lowest BCUT2D eigenvalue weighted by molar-refractivity contribution is 0.723. The smallest absolute Gasteiger partial charge is 0.157 e. The molecule has 0 radical (unpaired) electrons. The van der Waals surface area contributed by atoms with Crippen LogP contribution in [0.5, 0.6) is 0 Å². The number of hydrogen-bond acceptors (Lipinski definition) is 3. The van der Waals surface area contributed by atoms with E-state index in [0.29, 0.717) is 5.25 Å². The lowest BCUT2D eigenvalue weighted by atomic mass is 10.1. The molecule has 1 N–H and O–H groups in total. The van der Waals surface area contributed by atoms with Gasteiger partial charge < -0.3 is 5.32 Å². The number of rotatable bonds is 3. The van der Waals surface area contributed by atoms with Crippen molar-refractivity contribution >= 4 is 28.5 Å². The predicted octanol–water partition coefficient (Wildman–Crippen LogP) is 4.83. The van der Waals surface area contributed by atoms with Crippen molar-refractivity contribution in [2.75, 3.05) is 6.54 Å². The molecule has 2 nitrogen and oxygen atoms in total. The summed E-state index contributed by atoms with van der Waals surface area (Å²) in [5, 5.41) is 5.69. The van der Waals surface area contributed by atoms with Crippen LogP contribution in [0.3, 0.4) is 0 Å². The first-order valence-corrected chi connectivity index (χ1v) is 8.26. The Hall–Kier alpha value is -1.45. The zero-order valence-electron chi connectivity index (χ0n) is 11.8. The third kappa shape index (κ3) is 3.60. The van der Waals surface area contributed by atoms with Crippen LogP contribution in [0.15, 0.2) is 59.6 Å². The summed E-state index contributed by atoms with van der Waals surface area (Å²) < 4.78 is 0. The molecule has 108 valence electrons. The van der Waals surface area contributed by atoms with E-state index >= 15 is 0 Å². The number of hydrogen-bond donors (Lipinski definition) is 1. The Morgan fingerprint density at radius 1 is 1.14 bits per heavy atom. The molecule has 2 unspecified atom stereocenters. The van der Waals surface area contributed by atoms with E-state index < -0.39 is 0 Å². The maximum atomic E-state index is 5.93. The van der Waals surface area contributed by atoms with Gasteiger partial charge in [0.1, 0.15) is 0 Å². The molecule has 3 rings (SSSR count). The Bertz CT molecular complexity index is 625. The first kappa shape index (κ1) is 14.5. The van der Waals surface area contributed by atoms with E-state index in [9.17, 15) is 0 Å². The van der Waals surface area contributed by atoms with Crippen molar-refractivity contribution in [2.24, 2.45) is 4.99 Å². The molecular formula is C17H17ClN2S. The Morgan fingerprint density at radius 2 is 1.86 bits per heavy atom. The maximum Gasteiger partial charge on any atom is 0.157 e. The summed E-state index contributed by atoms with van der Waals surface area (Å²) in [5.74, 6) is 0. The van der Waals surface area contributed by atoms with Crippen molar-refractivity contribution in [2.45, 2.75) is 18.2 Å². The Kier molecular flexibility index (Phi) is 4.51. The van der Waals surface area contributed by atoms with Gasteiger partial charge in [0.2, 0.25) is 0 Å². The second-order valence-electron chi connectivity index (χ2n) is 5.08. The van der Waals surface area contributed by atoms with E-state index in [1.165, 1.54) is 11.1 Å². The quantitative estimate of drug-likeness (QED) is 0.876. The highest BCUT2D eigenvalue weighted by molar-refractivity contribution is 8.14. The van der Waals surface area contributed by atoms with Crippen LogP contribution in [-0.4, -0.2) is 11.7 Å². The SMILES string of the molecule is CC(NC1=NCC(c2ccccc2)S1)c1ccc(Cl)cc1. The largest absolute Gasteiger partial charge is 0.358 e. The number of halogens is 1. The number of amidine groups is 1. The van der Waals surface area contributed by atoms with Gasteiger partial charge in [0, 0.05) is 5.02 Å². The summed E-state index contributed by atoms with van der Waals surface area (Å²) in [4.78, 5) is 4.62. The molecule has 0 amide bonds. The standard InChI is InChI=1S/C17H17ClN2S/c1-12(13-7-9-15(18)10-8-13)20-17-19-11-16(21-17)14-5-3-2-4-6-14/h2-10,12,16H,11H2,1H3,(H,19,20). The monoisotopic (exact) mass is 316 g/mol. The van der Waals surface area contributed by atoms with Crippen LogP contribution < -0.4 is 5.32 Å². The highest BCUT2D eigenvalue weighted by Crippen LogP contribution is 2.35. The lowest BCUT2D eigenvalue weighted by Crippen LogP contribution is -2.22. The van der Waals surface area contributed by atoms with Crippen molar-refractivity contribution in [1.82, 2.24) is 5.32 Å². The molecule has 1 aliphatic heterocycles. The molecule has 0 spiro atoms. The van der Waals surface area contributed by atoms with E-state index in [1.54, 1.807) is 11.8 Å².